The van der Waals surface area contributed by atoms with Gasteiger partial charge < -0.3 is 23.9 Å². The fraction of sp³-hybridized carbons (Fsp3) is 0.240. The zero-order chi connectivity index (χ0) is 24.1. The van der Waals surface area contributed by atoms with Crippen molar-refractivity contribution in [1.29, 1.82) is 0 Å². The summed E-state index contributed by atoms with van der Waals surface area (Å²) in [6, 6.07) is 15.8. The van der Waals surface area contributed by atoms with Crippen LogP contribution in [0.4, 0.5) is 10.5 Å². The topological polar surface area (TPSA) is 103 Å². The minimum Gasteiger partial charge on any atom is -0.493 e. The van der Waals surface area contributed by atoms with E-state index in [1.165, 1.54) is 11.3 Å². The summed E-state index contributed by atoms with van der Waals surface area (Å²) in [7, 11) is 3.13. The molecule has 0 fully saturated rings. The fourth-order valence-corrected chi connectivity index (χ4v) is 3.61. The molecule has 0 saturated carbocycles. The number of nitrogens with one attached hydrogen (secondary N) is 1. The summed E-state index contributed by atoms with van der Waals surface area (Å²) in [5.41, 5.74) is 2.71. The molecule has 2 aromatic carbocycles. The van der Waals surface area contributed by atoms with E-state index in [-0.39, 0.29) is 18.2 Å². The second-order valence-electron chi connectivity index (χ2n) is 7.53. The van der Waals surface area contributed by atoms with Crippen molar-refractivity contribution in [2.45, 2.75) is 26.0 Å². The monoisotopic (exact) mass is 463 g/mol. The molecule has 0 aliphatic carbocycles. The summed E-state index contributed by atoms with van der Waals surface area (Å²) >= 11 is 0. The number of carbonyl (C=O) groups is 2. The fourth-order valence-electron chi connectivity index (χ4n) is 3.61. The quantitative estimate of drug-likeness (QED) is 0.520. The van der Waals surface area contributed by atoms with Gasteiger partial charge in [-0.15, -0.1) is 0 Å². The van der Waals surface area contributed by atoms with E-state index >= 15 is 0 Å². The van der Waals surface area contributed by atoms with Crippen molar-refractivity contribution in [3.05, 3.63) is 77.7 Å². The molecule has 9 nitrogen and oxygen atoms in total. The van der Waals surface area contributed by atoms with Gasteiger partial charge in [0.25, 0.3) is 5.91 Å². The van der Waals surface area contributed by atoms with E-state index in [0.717, 1.165) is 11.1 Å². The van der Waals surface area contributed by atoms with Gasteiger partial charge in [0.05, 0.1) is 27.0 Å². The zero-order valence-electron chi connectivity index (χ0n) is 19.1. The molecule has 1 atom stereocenters. The van der Waals surface area contributed by atoms with Crippen molar-refractivity contribution in [2.75, 3.05) is 19.5 Å². The van der Waals surface area contributed by atoms with Crippen LogP contribution in [0, 0.1) is 0 Å². The predicted molar refractivity (Wildman–Crippen MR) is 125 cm³/mol. The van der Waals surface area contributed by atoms with E-state index in [0.29, 0.717) is 29.3 Å². The Bertz CT molecular complexity index is 1210. The second-order valence-corrected chi connectivity index (χ2v) is 7.53. The first kappa shape index (κ1) is 22.9. The molecule has 1 N–H and O–H groups in total. The van der Waals surface area contributed by atoms with Gasteiger partial charge in [-0.1, -0.05) is 19.1 Å². The molecule has 2 amide bonds. The highest BCUT2D eigenvalue weighted by molar-refractivity contribution is 6.06. The molecule has 2 heterocycles. The number of hydrazone groups is 1. The smallest absolute Gasteiger partial charge is 0.431 e. The Hall–Kier alpha value is -4.27. The largest absolute Gasteiger partial charge is 0.493 e. The third-order valence-electron chi connectivity index (χ3n) is 5.30. The van der Waals surface area contributed by atoms with Crippen LogP contribution >= 0.6 is 0 Å². The molecule has 3 aromatic rings. The van der Waals surface area contributed by atoms with Gasteiger partial charge in [0.15, 0.2) is 17.3 Å². The number of rotatable bonds is 8. The van der Waals surface area contributed by atoms with Gasteiger partial charge >= 0.3 is 6.09 Å². The van der Waals surface area contributed by atoms with E-state index in [1.807, 2.05) is 25.1 Å². The van der Waals surface area contributed by atoms with Gasteiger partial charge in [0, 0.05) is 11.3 Å². The molecule has 0 spiro atoms. The van der Waals surface area contributed by atoms with Crippen LogP contribution in [0.5, 0.6) is 11.5 Å². The molecule has 0 radical (unpaired) electrons. The summed E-state index contributed by atoms with van der Waals surface area (Å²) in [5.74, 6) is 0.998. The lowest BCUT2D eigenvalue weighted by Gasteiger charge is -2.29. The first-order valence-electron chi connectivity index (χ1n) is 10.7. The lowest BCUT2D eigenvalue weighted by atomic mass is 10.0. The number of methoxy groups -OCH3 is 2. The number of anilines is 1. The van der Waals surface area contributed by atoms with Crippen LogP contribution in [0.15, 0.2) is 70.4 Å². The van der Waals surface area contributed by atoms with Gasteiger partial charge in [-0.25, -0.2) is 4.79 Å². The zero-order valence-corrected chi connectivity index (χ0v) is 19.1. The maximum Gasteiger partial charge on any atom is 0.431 e. The van der Waals surface area contributed by atoms with Gasteiger partial charge in [-0.2, -0.15) is 10.1 Å². The molecule has 1 aliphatic rings. The maximum atomic E-state index is 12.7. The molecular weight excluding hydrogens is 438 g/mol. The number of ether oxygens (including phenoxy) is 3. The molecule has 4 rings (SSSR count). The van der Waals surface area contributed by atoms with Crippen molar-refractivity contribution in [3.8, 4) is 11.5 Å². The summed E-state index contributed by atoms with van der Waals surface area (Å²) in [6.07, 6.45) is 0.980. The molecule has 0 bridgehead atoms. The van der Waals surface area contributed by atoms with E-state index < -0.39 is 12.2 Å². The molecule has 1 aromatic heterocycles. The maximum absolute atomic E-state index is 12.7. The minimum atomic E-state index is -0.541. The molecule has 176 valence electrons. The SMILES string of the molecule is CCC1OC(=O)N(Cc2cccc(NC(=O)c3ccco3)c2)N=C1c1ccc(OC)c(OC)c1. The predicted octanol–water partition coefficient (Wildman–Crippen LogP) is 4.68. The number of benzene rings is 2. The molecule has 34 heavy (non-hydrogen) atoms. The van der Waals surface area contributed by atoms with Gasteiger partial charge in [-0.05, 0) is 54.4 Å². The third kappa shape index (κ3) is 4.88. The van der Waals surface area contributed by atoms with Gasteiger partial charge in [0.2, 0.25) is 0 Å². The Morgan fingerprint density at radius 2 is 1.91 bits per heavy atom. The van der Waals surface area contributed by atoms with E-state index in [4.69, 9.17) is 18.6 Å². The number of carbonyl (C=O) groups excluding carboxylic acids is 2. The Balaban J connectivity index is 1.58. The molecule has 9 heteroatoms. The lowest BCUT2D eigenvalue weighted by Crippen LogP contribution is -2.41. The second kappa shape index (κ2) is 10.1. The lowest BCUT2D eigenvalue weighted by molar-refractivity contribution is 0.0712. The van der Waals surface area contributed by atoms with Crippen molar-refractivity contribution in [1.82, 2.24) is 5.01 Å². The standard InChI is InChI=1S/C25H25N3O6/c1-4-19-23(17-10-11-20(31-2)22(14-17)32-3)27-28(25(30)34-19)15-16-7-5-8-18(13-16)26-24(29)21-9-6-12-33-21/h5-14,19H,4,15H2,1-3H3,(H,26,29). The first-order valence-corrected chi connectivity index (χ1v) is 10.7. The van der Waals surface area contributed by atoms with Crippen molar-refractivity contribution < 1.29 is 28.2 Å². The normalized spacial score (nSPS) is 15.4. The number of amides is 2. The number of cyclic esters (lactones) is 1. The molecular formula is C25H25N3O6. The van der Waals surface area contributed by atoms with Gasteiger partial charge in [-0.3, -0.25) is 4.79 Å². The van der Waals surface area contributed by atoms with Crippen LogP contribution in [0.25, 0.3) is 0 Å². The summed E-state index contributed by atoms with van der Waals surface area (Å²) in [5, 5.41) is 8.67. The average Bonchev–Trinajstić information content (AvgIpc) is 3.40. The highest BCUT2D eigenvalue weighted by atomic mass is 16.6. The minimum absolute atomic E-state index is 0.163. The Labute approximate surface area is 196 Å². The first-order chi connectivity index (χ1) is 16.5. The summed E-state index contributed by atoms with van der Waals surface area (Å²) < 4.78 is 21.5. The van der Waals surface area contributed by atoms with Crippen LogP contribution < -0.4 is 14.8 Å². The number of nitrogens with zero attached hydrogens (tertiary/aromatic N) is 2. The van der Waals surface area contributed by atoms with E-state index in [9.17, 15) is 9.59 Å². The highest BCUT2D eigenvalue weighted by Gasteiger charge is 2.31. The molecule has 1 unspecified atom stereocenters. The van der Waals surface area contributed by atoms with E-state index in [2.05, 4.69) is 10.4 Å². The molecule has 0 saturated heterocycles. The number of hydrogen-bond acceptors (Lipinski definition) is 7. The van der Waals surface area contributed by atoms with Crippen LogP contribution in [-0.2, 0) is 11.3 Å². The van der Waals surface area contributed by atoms with E-state index in [1.54, 1.807) is 50.6 Å². The summed E-state index contributed by atoms with van der Waals surface area (Å²) in [4.78, 5) is 24.9. The van der Waals surface area contributed by atoms with Crippen molar-refractivity contribution in [3.63, 3.8) is 0 Å². The highest BCUT2D eigenvalue weighted by Crippen LogP contribution is 2.30. The number of hydrogen-bond donors (Lipinski definition) is 1. The Morgan fingerprint density at radius 3 is 2.62 bits per heavy atom. The summed E-state index contributed by atoms with van der Waals surface area (Å²) in [6.45, 7) is 2.09. The number of furan rings is 1. The van der Waals surface area contributed by atoms with Crippen LogP contribution in [-0.4, -0.2) is 43.0 Å². The van der Waals surface area contributed by atoms with Crippen LogP contribution in [0.2, 0.25) is 0 Å². The van der Waals surface area contributed by atoms with Crippen molar-refractivity contribution in [2.24, 2.45) is 5.10 Å². The average molecular weight is 463 g/mol. The van der Waals surface area contributed by atoms with Crippen molar-refractivity contribution >= 4 is 23.4 Å². The van der Waals surface area contributed by atoms with Gasteiger partial charge in [0.1, 0.15) is 11.8 Å². The van der Waals surface area contributed by atoms with Crippen LogP contribution in [0.3, 0.4) is 0 Å². The Kier molecular flexibility index (Phi) is 6.82. The Morgan fingerprint density at radius 1 is 1.09 bits per heavy atom. The van der Waals surface area contributed by atoms with Crippen LogP contribution in [0.1, 0.15) is 35.0 Å². The molecule has 1 aliphatic heterocycles. The third-order valence-corrected chi connectivity index (χ3v) is 5.30.